The molecule has 7 rings (SSSR count). The van der Waals surface area contributed by atoms with E-state index in [9.17, 15) is 31.4 Å². The van der Waals surface area contributed by atoms with Gasteiger partial charge in [-0.2, -0.15) is 26.3 Å². The maximum absolute atomic E-state index is 13.3. The molecule has 2 atom stereocenters. The number of nitrogens with one attached hydrogen (secondary N) is 1. The van der Waals surface area contributed by atoms with Gasteiger partial charge in [0.15, 0.2) is 0 Å². The van der Waals surface area contributed by atoms with Gasteiger partial charge in [-0.25, -0.2) is 0 Å². The summed E-state index contributed by atoms with van der Waals surface area (Å²) in [4.78, 5) is 1.90. The molecule has 64 heavy (non-hydrogen) atoms. The lowest BCUT2D eigenvalue weighted by molar-refractivity contribution is -0.137. The van der Waals surface area contributed by atoms with Crippen molar-refractivity contribution in [3.63, 3.8) is 0 Å². The number of hydrogen-bond acceptors (Lipinski definition) is 6. The number of benzene rings is 6. The van der Waals surface area contributed by atoms with Gasteiger partial charge in [0, 0.05) is 31.8 Å². The van der Waals surface area contributed by atoms with Gasteiger partial charge in [0.2, 0.25) is 0 Å². The number of ether oxygens (including phenoxy) is 3. The molecule has 1 heterocycles. The van der Waals surface area contributed by atoms with Gasteiger partial charge in [-0.05, 0) is 83.9 Å². The van der Waals surface area contributed by atoms with Gasteiger partial charge in [-0.3, -0.25) is 4.90 Å². The van der Waals surface area contributed by atoms with Crippen LogP contribution in [-0.2, 0) is 30.2 Å². The Labute approximate surface area is 388 Å². The molecule has 0 bridgehead atoms. The van der Waals surface area contributed by atoms with Crippen molar-refractivity contribution in [2.45, 2.75) is 37.7 Å². The van der Waals surface area contributed by atoms with Crippen LogP contribution in [0, 0.1) is 0 Å². The molecule has 0 aliphatic carbocycles. The Hall–Kier alpha value is -4.50. The number of likely N-dealkylation sites (N-methyl/N-ethyl adjacent to an activating group) is 1. The van der Waals surface area contributed by atoms with Crippen LogP contribution in [0.5, 0.6) is 11.5 Å². The molecule has 1 aliphatic heterocycles. The number of rotatable bonds is 14. The van der Waals surface area contributed by atoms with Crippen LogP contribution < -0.4 is 14.8 Å². The summed E-state index contributed by atoms with van der Waals surface area (Å²) in [7, 11) is 3.67. The fourth-order valence-electron chi connectivity index (χ4n) is 6.23. The molecule has 6 aromatic rings. The quantitative estimate of drug-likeness (QED) is 0.0837. The third-order valence-corrected chi connectivity index (χ3v) is 10.9. The van der Waals surface area contributed by atoms with Crippen LogP contribution in [0.25, 0.3) is 22.3 Å². The normalized spacial score (nSPS) is 13.9. The summed E-state index contributed by atoms with van der Waals surface area (Å²) in [6, 6.07) is 35.3. The van der Waals surface area contributed by atoms with Crippen molar-refractivity contribution >= 4 is 46.4 Å². The van der Waals surface area contributed by atoms with Gasteiger partial charge in [0.1, 0.15) is 36.9 Å². The van der Waals surface area contributed by atoms with Gasteiger partial charge < -0.3 is 24.6 Å². The monoisotopic (exact) mass is 966 g/mol. The average molecular weight is 969 g/mol. The van der Waals surface area contributed by atoms with Crippen molar-refractivity contribution in [2.75, 3.05) is 40.5 Å². The van der Waals surface area contributed by atoms with E-state index < -0.39 is 29.6 Å². The first-order chi connectivity index (χ1) is 30.4. The van der Waals surface area contributed by atoms with Crippen LogP contribution in [0.1, 0.15) is 22.3 Å². The van der Waals surface area contributed by atoms with Crippen molar-refractivity contribution in [1.82, 2.24) is 10.2 Å². The molecule has 0 saturated carbocycles. The number of alkyl halides is 6. The standard InChI is InChI=1S/C24H22Cl2F3NO2.C15H14F3N.C9H8Cl2O2/c1-30(14-18(31)15-32-19-10-11-22(25)23(26)12-19)13-16-6-8-17(9-7-16)20-4-2-3-5-21(20)24(27,28)29;1-19-10-11-6-8-12(9-7-11)13-4-2-3-5-14(13)15(16,17)18;10-8-2-1-6(3-9(8)11)12-4-7-5-13-7/h2-12,18,31H,13-15H2,1H3;2-9,19H,10H2,1H3;1-3,7H,4-5H2. The van der Waals surface area contributed by atoms with Gasteiger partial charge >= 0.3 is 12.4 Å². The van der Waals surface area contributed by atoms with Crippen molar-refractivity contribution in [1.29, 1.82) is 0 Å². The first-order valence-electron chi connectivity index (χ1n) is 19.7. The van der Waals surface area contributed by atoms with Crippen molar-refractivity contribution in [3.8, 4) is 33.8 Å². The second kappa shape index (κ2) is 23.6. The summed E-state index contributed by atoms with van der Waals surface area (Å²) in [5, 5.41) is 15.1. The number of aliphatic hydroxyl groups is 1. The third kappa shape index (κ3) is 15.9. The van der Waals surface area contributed by atoms with Gasteiger partial charge in [-0.1, -0.05) is 131 Å². The van der Waals surface area contributed by atoms with Gasteiger partial charge in [-0.15, -0.1) is 0 Å². The number of nitrogens with zero attached hydrogens (tertiary/aromatic N) is 1. The fraction of sp³-hybridized carbons (Fsp3) is 0.250. The molecular formula is C48H44Cl4F6N2O4. The van der Waals surface area contributed by atoms with E-state index >= 15 is 0 Å². The van der Waals surface area contributed by atoms with E-state index in [2.05, 4.69) is 5.32 Å². The lowest BCUT2D eigenvalue weighted by atomic mass is 9.98. The van der Waals surface area contributed by atoms with Gasteiger partial charge in [0.25, 0.3) is 0 Å². The number of epoxide rings is 1. The molecule has 2 N–H and O–H groups in total. The zero-order valence-electron chi connectivity index (χ0n) is 34.5. The minimum atomic E-state index is -4.41. The summed E-state index contributed by atoms with van der Waals surface area (Å²) in [5.74, 6) is 1.24. The molecule has 0 radical (unpaired) electrons. The highest BCUT2D eigenvalue weighted by molar-refractivity contribution is 6.42. The molecule has 1 fully saturated rings. The van der Waals surface area contributed by atoms with E-state index in [-0.39, 0.29) is 23.8 Å². The molecule has 0 amide bonds. The highest BCUT2D eigenvalue weighted by Gasteiger charge is 2.34. The van der Waals surface area contributed by atoms with E-state index in [1.165, 1.54) is 24.3 Å². The second-order valence-electron chi connectivity index (χ2n) is 14.6. The Morgan fingerprint density at radius 1 is 0.656 bits per heavy atom. The zero-order chi connectivity index (χ0) is 46.4. The lowest BCUT2D eigenvalue weighted by Crippen LogP contribution is -2.32. The molecule has 2 unspecified atom stereocenters. The molecule has 6 nitrogen and oxygen atoms in total. The lowest BCUT2D eigenvalue weighted by Gasteiger charge is -2.21. The predicted molar refractivity (Wildman–Crippen MR) is 243 cm³/mol. The Morgan fingerprint density at radius 2 is 1.11 bits per heavy atom. The maximum Gasteiger partial charge on any atom is 0.417 e. The summed E-state index contributed by atoms with van der Waals surface area (Å²) >= 11 is 23.4. The SMILES string of the molecule is CN(Cc1ccc(-c2ccccc2C(F)(F)F)cc1)CC(O)COc1ccc(Cl)c(Cl)c1.CNCc1ccc(-c2ccccc2C(F)(F)F)cc1.Clc1ccc(OCC2CO2)cc1Cl. The fourth-order valence-corrected chi connectivity index (χ4v) is 6.80. The molecule has 0 spiro atoms. The average Bonchev–Trinajstić information content (AvgIpc) is 4.10. The van der Waals surface area contributed by atoms with Crippen LogP contribution in [0.2, 0.25) is 20.1 Å². The third-order valence-electron chi connectivity index (χ3n) is 9.41. The first-order valence-corrected chi connectivity index (χ1v) is 21.2. The highest BCUT2D eigenvalue weighted by Crippen LogP contribution is 2.38. The largest absolute Gasteiger partial charge is 0.491 e. The van der Waals surface area contributed by atoms with Crippen molar-refractivity contribution in [2.24, 2.45) is 0 Å². The Bertz CT molecular complexity index is 2400. The molecule has 6 aromatic carbocycles. The van der Waals surface area contributed by atoms with E-state index in [1.54, 1.807) is 84.9 Å². The molecule has 340 valence electrons. The number of halogens is 10. The summed E-state index contributed by atoms with van der Waals surface area (Å²) < 4.78 is 94.5. The number of hydrogen-bond donors (Lipinski definition) is 2. The second-order valence-corrected chi connectivity index (χ2v) is 16.2. The Balaban J connectivity index is 0.000000202. The Kier molecular flexibility index (Phi) is 18.6. The van der Waals surface area contributed by atoms with Crippen LogP contribution in [0.4, 0.5) is 26.3 Å². The smallest absolute Gasteiger partial charge is 0.417 e. The van der Waals surface area contributed by atoms with E-state index in [0.717, 1.165) is 35.6 Å². The maximum atomic E-state index is 13.3. The van der Waals surface area contributed by atoms with Crippen LogP contribution in [-0.4, -0.2) is 62.7 Å². The minimum absolute atomic E-state index is 0.0788. The summed E-state index contributed by atoms with van der Waals surface area (Å²) in [6.07, 6.45) is -9.23. The topological polar surface area (TPSA) is 66.5 Å². The minimum Gasteiger partial charge on any atom is -0.491 e. The molecule has 1 saturated heterocycles. The summed E-state index contributed by atoms with van der Waals surface area (Å²) in [5.41, 5.74) is 2.13. The van der Waals surface area contributed by atoms with Crippen molar-refractivity contribution in [3.05, 3.63) is 176 Å². The zero-order valence-corrected chi connectivity index (χ0v) is 37.5. The summed E-state index contributed by atoms with van der Waals surface area (Å²) in [6.45, 7) is 3.01. The van der Waals surface area contributed by atoms with Crippen LogP contribution >= 0.6 is 46.4 Å². The number of aliphatic hydroxyl groups excluding tert-OH is 1. The van der Waals surface area contributed by atoms with Crippen molar-refractivity contribution < 1.29 is 45.7 Å². The first kappa shape index (κ1) is 50.5. The predicted octanol–water partition coefficient (Wildman–Crippen LogP) is 13.4. The van der Waals surface area contributed by atoms with Gasteiger partial charge in [0.05, 0.1) is 37.8 Å². The van der Waals surface area contributed by atoms with Crippen LogP contribution in [0.15, 0.2) is 133 Å². The molecule has 1 aliphatic rings. The molecular weight excluding hydrogens is 924 g/mol. The molecule has 0 aromatic heterocycles. The highest BCUT2D eigenvalue weighted by atomic mass is 35.5. The van der Waals surface area contributed by atoms with E-state index in [4.69, 9.17) is 60.6 Å². The van der Waals surface area contributed by atoms with E-state index in [1.807, 2.05) is 31.1 Å². The molecule has 16 heteroatoms. The Morgan fingerprint density at radius 3 is 1.55 bits per heavy atom. The van der Waals surface area contributed by atoms with E-state index in [0.29, 0.717) is 63.2 Å². The van der Waals surface area contributed by atoms with Crippen LogP contribution in [0.3, 0.4) is 0 Å².